The zero-order valence-electron chi connectivity index (χ0n) is 16.7. The van der Waals surface area contributed by atoms with E-state index in [1.807, 2.05) is 36.4 Å². The van der Waals surface area contributed by atoms with Crippen molar-refractivity contribution in [2.75, 3.05) is 30.8 Å². The van der Waals surface area contributed by atoms with Gasteiger partial charge in [0.2, 0.25) is 0 Å². The normalized spacial score (nSPS) is 10.3. The SMILES string of the molecule is COc1ccc2nc(NCCNC(=S)Nc3cccc(C)c3C)c(C#N)cc2c1. The molecule has 29 heavy (non-hydrogen) atoms. The van der Waals surface area contributed by atoms with Crippen LogP contribution in [0, 0.1) is 25.2 Å². The van der Waals surface area contributed by atoms with Crippen molar-refractivity contribution >= 4 is 39.7 Å². The highest BCUT2D eigenvalue weighted by atomic mass is 32.1. The second kappa shape index (κ2) is 9.22. The van der Waals surface area contributed by atoms with Gasteiger partial charge in [-0.25, -0.2) is 4.98 Å². The number of anilines is 2. The Balaban J connectivity index is 1.58. The Morgan fingerprint density at radius 2 is 2.00 bits per heavy atom. The number of aryl methyl sites for hydroxylation is 1. The first-order valence-electron chi connectivity index (χ1n) is 9.25. The number of rotatable bonds is 6. The molecule has 3 aromatic rings. The van der Waals surface area contributed by atoms with Gasteiger partial charge >= 0.3 is 0 Å². The fraction of sp³-hybridized carbons (Fsp3) is 0.227. The fourth-order valence-corrected chi connectivity index (χ4v) is 3.12. The Hall–Kier alpha value is -3.37. The predicted octanol–water partition coefficient (Wildman–Crippen LogP) is 4.13. The first-order chi connectivity index (χ1) is 14.0. The summed E-state index contributed by atoms with van der Waals surface area (Å²) >= 11 is 5.37. The van der Waals surface area contributed by atoms with Crippen LogP contribution in [-0.2, 0) is 0 Å². The second-order valence-electron chi connectivity index (χ2n) is 6.61. The number of fused-ring (bicyclic) bond motifs is 1. The zero-order valence-corrected chi connectivity index (χ0v) is 17.5. The van der Waals surface area contributed by atoms with E-state index in [1.54, 1.807) is 7.11 Å². The lowest BCUT2D eigenvalue weighted by Crippen LogP contribution is -2.32. The molecule has 3 N–H and O–H groups in total. The number of nitrogens with one attached hydrogen (secondary N) is 3. The van der Waals surface area contributed by atoms with Crippen LogP contribution in [0.5, 0.6) is 5.75 Å². The molecule has 0 bridgehead atoms. The molecule has 0 saturated carbocycles. The average molecular weight is 406 g/mol. The van der Waals surface area contributed by atoms with Crippen LogP contribution in [0.3, 0.4) is 0 Å². The van der Waals surface area contributed by atoms with Gasteiger partial charge in [-0.05, 0) is 67.5 Å². The third-order valence-electron chi connectivity index (χ3n) is 4.70. The number of benzene rings is 2. The Labute approximate surface area is 175 Å². The van der Waals surface area contributed by atoms with Gasteiger partial charge in [0.25, 0.3) is 0 Å². The minimum atomic E-state index is 0.488. The molecule has 0 aliphatic carbocycles. The molecule has 3 rings (SSSR count). The third-order valence-corrected chi connectivity index (χ3v) is 4.94. The van der Waals surface area contributed by atoms with Gasteiger partial charge in [-0.1, -0.05) is 12.1 Å². The largest absolute Gasteiger partial charge is 0.497 e. The Kier molecular flexibility index (Phi) is 6.47. The lowest BCUT2D eigenvalue weighted by atomic mass is 10.1. The number of methoxy groups -OCH3 is 1. The summed E-state index contributed by atoms with van der Waals surface area (Å²) in [6, 6.07) is 15.7. The van der Waals surface area contributed by atoms with Gasteiger partial charge in [-0.3, -0.25) is 0 Å². The molecule has 148 valence electrons. The number of thiocarbonyl (C=S) groups is 1. The van der Waals surface area contributed by atoms with E-state index in [-0.39, 0.29) is 0 Å². The zero-order chi connectivity index (χ0) is 20.8. The molecule has 0 fully saturated rings. The standard InChI is InChI=1S/C22H23N5OS/c1-14-5-4-6-19(15(14)2)27-22(29)25-10-9-24-21-17(13-23)11-16-12-18(28-3)7-8-20(16)26-21/h4-8,11-12H,9-10H2,1-3H3,(H,24,26)(H2,25,27,29). The number of pyridine rings is 1. The van der Waals surface area contributed by atoms with Crippen LogP contribution < -0.4 is 20.7 Å². The summed E-state index contributed by atoms with van der Waals surface area (Å²) in [6.07, 6.45) is 0. The van der Waals surface area contributed by atoms with Crippen LogP contribution in [0.25, 0.3) is 10.9 Å². The van der Waals surface area contributed by atoms with Crippen molar-refractivity contribution in [1.29, 1.82) is 5.26 Å². The Bertz CT molecular complexity index is 1090. The summed E-state index contributed by atoms with van der Waals surface area (Å²) < 4.78 is 5.23. The molecule has 6 nitrogen and oxygen atoms in total. The number of ether oxygens (including phenoxy) is 1. The van der Waals surface area contributed by atoms with Crippen molar-refractivity contribution in [2.45, 2.75) is 13.8 Å². The summed E-state index contributed by atoms with van der Waals surface area (Å²) in [5.74, 6) is 1.29. The van der Waals surface area contributed by atoms with Gasteiger partial charge in [0.1, 0.15) is 17.6 Å². The average Bonchev–Trinajstić information content (AvgIpc) is 2.73. The highest BCUT2D eigenvalue weighted by Gasteiger charge is 2.08. The molecule has 7 heteroatoms. The van der Waals surface area contributed by atoms with Gasteiger partial charge in [-0.2, -0.15) is 5.26 Å². The molecular formula is C22H23N5OS. The summed E-state index contributed by atoms with van der Waals surface area (Å²) in [6.45, 7) is 5.29. The summed E-state index contributed by atoms with van der Waals surface area (Å²) in [7, 11) is 1.61. The minimum Gasteiger partial charge on any atom is -0.497 e. The van der Waals surface area contributed by atoms with Crippen molar-refractivity contribution in [3.8, 4) is 11.8 Å². The molecule has 0 unspecified atom stereocenters. The molecule has 0 aliphatic heterocycles. The molecule has 0 saturated heterocycles. The van der Waals surface area contributed by atoms with Crippen LogP contribution in [0.4, 0.5) is 11.5 Å². The first kappa shape index (κ1) is 20.4. The van der Waals surface area contributed by atoms with Crippen molar-refractivity contribution < 1.29 is 4.74 Å². The molecular weight excluding hydrogens is 382 g/mol. The van der Waals surface area contributed by atoms with Crippen molar-refractivity contribution in [1.82, 2.24) is 10.3 Å². The third kappa shape index (κ3) is 4.92. The molecule has 0 aliphatic rings. The number of aromatic nitrogens is 1. The van der Waals surface area contributed by atoms with Crippen LogP contribution in [0.2, 0.25) is 0 Å². The van der Waals surface area contributed by atoms with Crippen molar-refractivity contribution in [2.24, 2.45) is 0 Å². The molecule has 1 heterocycles. The molecule has 0 atom stereocenters. The fourth-order valence-electron chi connectivity index (χ4n) is 2.91. The Morgan fingerprint density at radius 3 is 2.76 bits per heavy atom. The van der Waals surface area contributed by atoms with Crippen LogP contribution in [0.15, 0.2) is 42.5 Å². The maximum absolute atomic E-state index is 9.45. The second-order valence-corrected chi connectivity index (χ2v) is 7.02. The highest BCUT2D eigenvalue weighted by Crippen LogP contribution is 2.24. The van der Waals surface area contributed by atoms with E-state index >= 15 is 0 Å². The van der Waals surface area contributed by atoms with E-state index in [9.17, 15) is 5.26 Å². The molecule has 0 spiro atoms. The highest BCUT2D eigenvalue weighted by molar-refractivity contribution is 7.80. The molecule has 0 radical (unpaired) electrons. The van der Waals surface area contributed by atoms with E-state index in [4.69, 9.17) is 17.0 Å². The predicted molar refractivity (Wildman–Crippen MR) is 122 cm³/mol. The monoisotopic (exact) mass is 405 g/mol. The van der Waals surface area contributed by atoms with Crippen LogP contribution >= 0.6 is 12.2 Å². The Morgan fingerprint density at radius 1 is 1.17 bits per heavy atom. The number of nitrogens with zero attached hydrogens (tertiary/aromatic N) is 2. The van der Waals surface area contributed by atoms with Gasteiger partial charge in [0, 0.05) is 24.2 Å². The van der Waals surface area contributed by atoms with Gasteiger partial charge in [-0.15, -0.1) is 0 Å². The topological polar surface area (TPSA) is 82.0 Å². The maximum Gasteiger partial charge on any atom is 0.170 e. The molecule has 2 aromatic carbocycles. The van der Waals surface area contributed by atoms with Gasteiger partial charge in [0.15, 0.2) is 5.11 Å². The van der Waals surface area contributed by atoms with E-state index in [0.717, 1.165) is 22.3 Å². The summed E-state index contributed by atoms with van der Waals surface area (Å²) in [5, 5.41) is 20.5. The van der Waals surface area contributed by atoms with Crippen molar-refractivity contribution in [3.05, 3.63) is 59.2 Å². The summed E-state index contributed by atoms with van der Waals surface area (Å²) in [4.78, 5) is 4.56. The molecule has 0 amide bonds. The maximum atomic E-state index is 9.45. The van der Waals surface area contributed by atoms with E-state index in [1.165, 1.54) is 11.1 Å². The van der Waals surface area contributed by atoms with E-state index in [0.29, 0.717) is 29.6 Å². The van der Waals surface area contributed by atoms with Crippen LogP contribution in [0.1, 0.15) is 16.7 Å². The number of hydrogen-bond donors (Lipinski definition) is 3. The lowest BCUT2D eigenvalue weighted by Gasteiger charge is -2.14. The smallest absolute Gasteiger partial charge is 0.170 e. The number of nitriles is 1. The first-order valence-corrected chi connectivity index (χ1v) is 9.66. The van der Waals surface area contributed by atoms with E-state index in [2.05, 4.69) is 46.9 Å². The quantitative estimate of drug-likeness (QED) is 0.420. The van der Waals surface area contributed by atoms with Gasteiger partial charge < -0.3 is 20.7 Å². The molecule has 1 aromatic heterocycles. The van der Waals surface area contributed by atoms with Gasteiger partial charge in [0.05, 0.1) is 18.2 Å². The van der Waals surface area contributed by atoms with Crippen LogP contribution in [-0.4, -0.2) is 30.3 Å². The van der Waals surface area contributed by atoms with E-state index < -0.39 is 0 Å². The number of hydrogen-bond acceptors (Lipinski definition) is 5. The minimum absolute atomic E-state index is 0.488. The van der Waals surface area contributed by atoms with Crippen molar-refractivity contribution in [3.63, 3.8) is 0 Å². The lowest BCUT2D eigenvalue weighted by molar-refractivity contribution is 0.415. The summed E-state index contributed by atoms with van der Waals surface area (Å²) in [5.41, 5.74) is 4.66.